The topological polar surface area (TPSA) is 65.1 Å². The molecule has 0 spiro atoms. The second kappa shape index (κ2) is 7.31. The summed E-state index contributed by atoms with van der Waals surface area (Å²) in [7, 11) is 1.62. The van der Waals surface area contributed by atoms with Crippen LogP contribution >= 0.6 is 0 Å². The number of rotatable bonds is 6. The van der Waals surface area contributed by atoms with Gasteiger partial charge in [0.2, 0.25) is 18.6 Å². The fraction of sp³-hybridized carbons (Fsp3) is 0.333. The zero-order valence-electron chi connectivity index (χ0n) is 15.1. The molecule has 2 heterocycles. The van der Waals surface area contributed by atoms with Gasteiger partial charge in [-0.15, -0.1) is 0 Å². The minimum Gasteiger partial charge on any atom is -0.497 e. The molecule has 4 rings (SSSR count). The van der Waals surface area contributed by atoms with Crippen molar-refractivity contribution in [2.24, 2.45) is 5.92 Å². The molecule has 2 aliphatic rings. The van der Waals surface area contributed by atoms with E-state index in [1.807, 2.05) is 42.5 Å². The second-order valence-electron chi connectivity index (χ2n) is 6.77. The van der Waals surface area contributed by atoms with Crippen LogP contribution in [0.2, 0.25) is 0 Å². The van der Waals surface area contributed by atoms with Crippen molar-refractivity contribution in [1.29, 1.82) is 0 Å². The van der Waals surface area contributed by atoms with E-state index in [1.54, 1.807) is 7.11 Å². The summed E-state index contributed by atoms with van der Waals surface area (Å²) in [6.45, 7) is 0.616. The molecule has 0 bridgehead atoms. The predicted molar refractivity (Wildman–Crippen MR) is 97.8 cm³/mol. The van der Waals surface area contributed by atoms with E-state index >= 15 is 0 Å². The van der Waals surface area contributed by atoms with Gasteiger partial charge in [0.15, 0.2) is 11.5 Å². The number of amides is 2. The number of carbonyl (C=O) groups excluding carboxylic acids is 2. The van der Waals surface area contributed by atoms with Crippen molar-refractivity contribution in [1.82, 2.24) is 4.90 Å². The van der Waals surface area contributed by atoms with Crippen LogP contribution in [0, 0.1) is 5.92 Å². The number of nitrogens with zero attached hydrogens (tertiary/aromatic N) is 1. The third kappa shape index (κ3) is 3.60. The monoisotopic (exact) mass is 367 g/mol. The number of fused-ring (bicyclic) bond motifs is 1. The first-order chi connectivity index (χ1) is 13.1. The summed E-state index contributed by atoms with van der Waals surface area (Å²) in [6, 6.07) is 13.3. The van der Waals surface area contributed by atoms with Crippen LogP contribution in [0.1, 0.15) is 17.5 Å². The number of benzene rings is 2. The lowest BCUT2D eigenvalue weighted by Crippen LogP contribution is -2.33. The van der Waals surface area contributed by atoms with E-state index in [4.69, 9.17) is 14.2 Å². The lowest BCUT2D eigenvalue weighted by atomic mass is 9.98. The van der Waals surface area contributed by atoms with Gasteiger partial charge in [0, 0.05) is 13.0 Å². The van der Waals surface area contributed by atoms with Crippen molar-refractivity contribution < 1.29 is 23.8 Å². The Morgan fingerprint density at radius 2 is 1.78 bits per heavy atom. The average molecular weight is 367 g/mol. The average Bonchev–Trinajstić information content (AvgIpc) is 3.25. The quantitative estimate of drug-likeness (QED) is 0.735. The SMILES string of the molecule is COc1ccc(C[C@@H]2CC(=O)N(CCc3ccc4c(c3)OCO4)C2=O)cc1. The highest BCUT2D eigenvalue weighted by Gasteiger charge is 2.38. The van der Waals surface area contributed by atoms with Crippen LogP contribution < -0.4 is 14.2 Å². The lowest BCUT2D eigenvalue weighted by molar-refractivity contribution is -0.139. The van der Waals surface area contributed by atoms with E-state index in [0.717, 1.165) is 22.6 Å². The van der Waals surface area contributed by atoms with Crippen LogP contribution in [0.5, 0.6) is 17.2 Å². The zero-order chi connectivity index (χ0) is 18.8. The van der Waals surface area contributed by atoms with Crippen LogP contribution in [0.25, 0.3) is 0 Å². The molecular weight excluding hydrogens is 346 g/mol. The van der Waals surface area contributed by atoms with E-state index in [1.165, 1.54) is 4.90 Å². The molecule has 2 amide bonds. The number of hydrogen-bond acceptors (Lipinski definition) is 5. The maximum Gasteiger partial charge on any atom is 0.233 e. The molecule has 0 aromatic heterocycles. The van der Waals surface area contributed by atoms with E-state index in [9.17, 15) is 9.59 Å². The minimum atomic E-state index is -0.289. The zero-order valence-corrected chi connectivity index (χ0v) is 15.1. The Hall–Kier alpha value is -3.02. The molecule has 6 heteroatoms. The van der Waals surface area contributed by atoms with Crippen molar-refractivity contribution in [3.05, 3.63) is 53.6 Å². The Labute approximate surface area is 157 Å². The molecule has 0 radical (unpaired) electrons. The van der Waals surface area contributed by atoms with Gasteiger partial charge in [0.25, 0.3) is 0 Å². The molecule has 6 nitrogen and oxygen atoms in total. The number of carbonyl (C=O) groups is 2. The van der Waals surface area contributed by atoms with Crippen LogP contribution in [-0.2, 0) is 22.4 Å². The molecule has 2 aliphatic heterocycles. The van der Waals surface area contributed by atoms with E-state index in [-0.39, 0.29) is 30.9 Å². The summed E-state index contributed by atoms with van der Waals surface area (Å²) in [4.78, 5) is 26.4. The standard InChI is InChI=1S/C21H21NO5/c1-25-17-5-2-14(3-6-17)10-16-12-20(23)22(21(16)24)9-8-15-4-7-18-19(11-15)27-13-26-18/h2-7,11,16H,8-10,12-13H2,1H3/t16-/m1/s1. The molecule has 27 heavy (non-hydrogen) atoms. The lowest BCUT2D eigenvalue weighted by Gasteiger charge is -2.15. The highest BCUT2D eigenvalue weighted by atomic mass is 16.7. The highest BCUT2D eigenvalue weighted by molar-refractivity contribution is 6.03. The third-order valence-electron chi connectivity index (χ3n) is 5.04. The highest BCUT2D eigenvalue weighted by Crippen LogP contribution is 2.33. The first kappa shape index (κ1) is 17.4. The molecule has 140 valence electrons. The Morgan fingerprint density at radius 3 is 2.56 bits per heavy atom. The fourth-order valence-corrected chi connectivity index (χ4v) is 3.53. The Kier molecular flexibility index (Phi) is 4.71. The first-order valence-electron chi connectivity index (χ1n) is 8.99. The van der Waals surface area contributed by atoms with Crippen LogP contribution in [-0.4, -0.2) is 37.2 Å². The first-order valence-corrected chi connectivity index (χ1v) is 8.99. The maximum absolute atomic E-state index is 12.7. The molecule has 1 fully saturated rings. The van der Waals surface area contributed by atoms with Crippen LogP contribution in [0.4, 0.5) is 0 Å². The molecule has 0 aliphatic carbocycles. The van der Waals surface area contributed by atoms with Crippen LogP contribution in [0.3, 0.4) is 0 Å². The van der Waals surface area contributed by atoms with Crippen molar-refractivity contribution in [2.45, 2.75) is 19.3 Å². The maximum atomic E-state index is 12.7. The van der Waals surface area contributed by atoms with Gasteiger partial charge in [-0.05, 0) is 48.2 Å². The Balaban J connectivity index is 1.37. The molecule has 1 saturated heterocycles. The summed E-state index contributed by atoms with van der Waals surface area (Å²) < 4.78 is 15.8. The molecule has 0 unspecified atom stereocenters. The van der Waals surface area contributed by atoms with E-state index in [0.29, 0.717) is 25.1 Å². The number of methoxy groups -OCH3 is 1. The number of ether oxygens (including phenoxy) is 3. The summed E-state index contributed by atoms with van der Waals surface area (Å²) in [5.74, 6) is 1.74. The van der Waals surface area contributed by atoms with Crippen LogP contribution in [0.15, 0.2) is 42.5 Å². The van der Waals surface area contributed by atoms with Crippen molar-refractivity contribution in [2.75, 3.05) is 20.4 Å². The summed E-state index contributed by atoms with van der Waals surface area (Å²) >= 11 is 0. The number of likely N-dealkylation sites (tertiary alicyclic amines) is 1. The van der Waals surface area contributed by atoms with Gasteiger partial charge in [0.05, 0.1) is 13.0 Å². The largest absolute Gasteiger partial charge is 0.497 e. The fourth-order valence-electron chi connectivity index (χ4n) is 3.53. The molecule has 0 saturated carbocycles. The molecule has 2 aromatic carbocycles. The van der Waals surface area contributed by atoms with Crippen molar-refractivity contribution in [3.63, 3.8) is 0 Å². The normalized spacial score (nSPS) is 18.3. The summed E-state index contributed by atoms with van der Waals surface area (Å²) in [5, 5.41) is 0. The molecule has 0 N–H and O–H groups in total. The Bertz CT molecular complexity index is 861. The van der Waals surface area contributed by atoms with Gasteiger partial charge < -0.3 is 14.2 Å². The van der Waals surface area contributed by atoms with Gasteiger partial charge in [-0.2, -0.15) is 0 Å². The molecular formula is C21H21NO5. The summed E-state index contributed by atoms with van der Waals surface area (Å²) in [5.41, 5.74) is 2.04. The minimum absolute atomic E-state index is 0.0865. The second-order valence-corrected chi connectivity index (χ2v) is 6.77. The van der Waals surface area contributed by atoms with Crippen molar-refractivity contribution in [3.8, 4) is 17.2 Å². The van der Waals surface area contributed by atoms with Gasteiger partial charge in [0.1, 0.15) is 5.75 Å². The van der Waals surface area contributed by atoms with E-state index < -0.39 is 0 Å². The van der Waals surface area contributed by atoms with Gasteiger partial charge in [-0.25, -0.2) is 0 Å². The van der Waals surface area contributed by atoms with E-state index in [2.05, 4.69) is 0 Å². The van der Waals surface area contributed by atoms with Gasteiger partial charge in [-0.1, -0.05) is 18.2 Å². The summed E-state index contributed by atoms with van der Waals surface area (Å²) in [6.07, 6.45) is 1.43. The third-order valence-corrected chi connectivity index (χ3v) is 5.04. The Morgan fingerprint density at radius 1 is 1.04 bits per heavy atom. The van der Waals surface area contributed by atoms with Gasteiger partial charge >= 0.3 is 0 Å². The molecule has 1 atom stereocenters. The predicted octanol–water partition coefficient (Wildman–Crippen LogP) is 2.58. The van der Waals surface area contributed by atoms with Crippen molar-refractivity contribution >= 4 is 11.8 Å². The smallest absolute Gasteiger partial charge is 0.233 e. The molecule has 2 aromatic rings. The van der Waals surface area contributed by atoms with Gasteiger partial charge in [-0.3, -0.25) is 14.5 Å². The number of hydrogen-bond donors (Lipinski definition) is 0. The number of imide groups is 1.